The van der Waals surface area contributed by atoms with Crippen LogP contribution in [-0.4, -0.2) is 32.4 Å². The summed E-state index contributed by atoms with van der Waals surface area (Å²) in [6.07, 6.45) is 2.57. The van der Waals surface area contributed by atoms with E-state index < -0.39 is 17.2 Å². The molecule has 5 nitrogen and oxygen atoms in total. The molecule has 5 atom stereocenters. The first kappa shape index (κ1) is 12.8. The number of nitrogens with zero attached hydrogens (tertiary/aromatic N) is 1. The van der Waals surface area contributed by atoms with Crippen molar-refractivity contribution in [2.75, 3.05) is 0 Å². The minimum Gasteiger partial charge on any atom is -0.390 e. The Labute approximate surface area is 101 Å². The van der Waals surface area contributed by atoms with Crippen LogP contribution in [0.25, 0.3) is 0 Å². The number of fused-ring (bicyclic) bond motifs is 1. The van der Waals surface area contributed by atoms with E-state index in [1.54, 1.807) is 6.92 Å². The van der Waals surface area contributed by atoms with Gasteiger partial charge in [-0.25, -0.2) is 0 Å². The van der Waals surface area contributed by atoms with Crippen LogP contribution in [0.1, 0.15) is 46.0 Å². The van der Waals surface area contributed by atoms with Crippen molar-refractivity contribution in [3.05, 3.63) is 10.1 Å². The van der Waals surface area contributed by atoms with Crippen LogP contribution in [0.5, 0.6) is 0 Å². The maximum Gasteiger partial charge on any atom is 0.241 e. The SMILES string of the molecule is C[C@H]1CC[C@]2(O)[C@@H]([N+](=O)[O-])CC[C@@](C)(O)[C@H]2C1. The van der Waals surface area contributed by atoms with E-state index in [2.05, 4.69) is 6.92 Å². The molecule has 5 heteroatoms. The normalized spacial score (nSPS) is 50.7. The molecule has 0 unspecified atom stereocenters. The fourth-order valence-electron chi connectivity index (χ4n) is 3.71. The highest BCUT2D eigenvalue weighted by Crippen LogP contribution is 2.50. The van der Waals surface area contributed by atoms with E-state index in [9.17, 15) is 20.3 Å². The predicted molar refractivity (Wildman–Crippen MR) is 62.1 cm³/mol. The summed E-state index contributed by atoms with van der Waals surface area (Å²) in [5, 5.41) is 32.1. The molecule has 17 heavy (non-hydrogen) atoms. The zero-order chi connectivity index (χ0) is 12.8. The first-order valence-electron chi connectivity index (χ1n) is 6.35. The van der Waals surface area contributed by atoms with Gasteiger partial charge in [-0.3, -0.25) is 10.1 Å². The number of hydrogen-bond donors (Lipinski definition) is 2. The van der Waals surface area contributed by atoms with Gasteiger partial charge in [0.1, 0.15) is 5.60 Å². The molecule has 0 aromatic rings. The van der Waals surface area contributed by atoms with Gasteiger partial charge in [-0.2, -0.15) is 0 Å². The lowest BCUT2D eigenvalue weighted by molar-refractivity contribution is -0.558. The molecule has 2 aliphatic carbocycles. The van der Waals surface area contributed by atoms with Gasteiger partial charge < -0.3 is 10.2 Å². The highest BCUT2D eigenvalue weighted by Gasteiger charge is 2.61. The lowest BCUT2D eigenvalue weighted by Crippen LogP contribution is -2.64. The highest BCUT2D eigenvalue weighted by molar-refractivity contribution is 5.07. The van der Waals surface area contributed by atoms with Gasteiger partial charge in [-0.1, -0.05) is 6.92 Å². The lowest BCUT2D eigenvalue weighted by Gasteiger charge is -2.52. The van der Waals surface area contributed by atoms with Crippen molar-refractivity contribution in [3.8, 4) is 0 Å². The Kier molecular flexibility index (Phi) is 2.94. The second-order valence-corrected chi connectivity index (χ2v) is 6.12. The van der Waals surface area contributed by atoms with Crippen molar-refractivity contribution in [3.63, 3.8) is 0 Å². The Balaban J connectivity index is 2.34. The van der Waals surface area contributed by atoms with Crippen LogP contribution in [0.3, 0.4) is 0 Å². The molecule has 0 radical (unpaired) electrons. The molecule has 98 valence electrons. The Hall–Kier alpha value is -0.680. The van der Waals surface area contributed by atoms with Gasteiger partial charge in [0.2, 0.25) is 6.04 Å². The largest absolute Gasteiger partial charge is 0.390 e. The van der Waals surface area contributed by atoms with E-state index in [4.69, 9.17) is 0 Å². The average Bonchev–Trinajstić information content (AvgIpc) is 2.20. The summed E-state index contributed by atoms with van der Waals surface area (Å²) in [4.78, 5) is 10.7. The molecule has 0 bridgehead atoms. The van der Waals surface area contributed by atoms with Crippen LogP contribution >= 0.6 is 0 Å². The van der Waals surface area contributed by atoms with Crippen LogP contribution in [-0.2, 0) is 0 Å². The lowest BCUT2D eigenvalue weighted by atomic mass is 9.57. The van der Waals surface area contributed by atoms with Gasteiger partial charge in [0.05, 0.1) is 5.60 Å². The maximum atomic E-state index is 11.1. The molecule has 0 spiro atoms. The Bertz CT molecular complexity index is 330. The van der Waals surface area contributed by atoms with Crippen molar-refractivity contribution in [2.24, 2.45) is 11.8 Å². The number of nitro groups is 1. The van der Waals surface area contributed by atoms with Crippen molar-refractivity contribution in [2.45, 2.75) is 63.2 Å². The summed E-state index contributed by atoms with van der Waals surface area (Å²) >= 11 is 0. The minimum atomic E-state index is -1.32. The van der Waals surface area contributed by atoms with Crippen LogP contribution < -0.4 is 0 Å². The van der Waals surface area contributed by atoms with Gasteiger partial charge >= 0.3 is 0 Å². The summed E-state index contributed by atoms with van der Waals surface area (Å²) < 4.78 is 0. The second-order valence-electron chi connectivity index (χ2n) is 6.12. The third-order valence-corrected chi connectivity index (χ3v) is 4.79. The van der Waals surface area contributed by atoms with E-state index >= 15 is 0 Å². The average molecular weight is 243 g/mol. The van der Waals surface area contributed by atoms with Gasteiger partial charge in [-0.05, 0) is 38.5 Å². The molecule has 0 aromatic heterocycles. The van der Waals surface area contributed by atoms with E-state index in [0.717, 1.165) is 6.42 Å². The zero-order valence-electron chi connectivity index (χ0n) is 10.4. The Morgan fingerprint density at radius 3 is 2.53 bits per heavy atom. The Morgan fingerprint density at radius 2 is 1.94 bits per heavy atom. The number of hydrogen-bond acceptors (Lipinski definition) is 4. The quantitative estimate of drug-likeness (QED) is 0.537. The van der Waals surface area contributed by atoms with E-state index in [0.29, 0.717) is 25.2 Å². The van der Waals surface area contributed by atoms with Crippen LogP contribution in [0.4, 0.5) is 0 Å². The molecular weight excluding hydrogens is 222 g/mol. The second kappa shape index (κ2) is 3.92. The van der Waals surface area contributed by atoms with E-state index in [1.807, 2.05) is 0 Å². The van der Waals surface area contributed by atoms with Crippen LogP contribution in [0, 0.1) is 22.0 Å². The van der Waals surface area contributed by atoms with Crippen molar-refractivity contribution >= 4 is 0 Å². The molecule has 0 aliphatic heterocycles. The third kappa shape index (κ3) is 1.95. The van der Waals surface area contributed by atoms with Crippen LogP contribution in [0.2, 0.25) is 0 Å². The zero-order valence-corrected chi connectivity index (χ0v) is 10.4. The molecule has 2 N–H and O–H groups in total. The Morgan fingerprint density at radius 1 is 1.29 bits per heavy atom. The molecule has 2 saturated carbocycles. The maximum absolute atomic E-state index is 11.1. The summed E-state index contributed by atoms with van der Waals surface area (Å²) in [6.45, 7) is 3.78. The van der Waals surface area contributed by atoms with Crippen molar-refractivity contribution < 1.29 is 15.1 Å². The van der Waals surface area contributed by atoms with Gasteiger partial charge in [0.15, 0.2) is 0 Å². The molecule has 0 amide bonds. The number of aliphatic hydroxyl groups is 2. The molecule has 0 aromatic carbocycles. The predicted octanol–water partition coefficient (Wildman–Crippen LogP) is 1.34. The molecular formula is C12H21NO4. The summed E-state index contributed by atoms with van der Waals surface area (Å²) in [5.41, 5.74) is -2.30. The van der Waals surface area contributed by atoms with Gasteiger partial charge in [0, 0.05) is 17.3 Å². The molecule has 2 rings (SSSR count). The highest BCUT2D eigenvalue weighted by atomic mass is 16.6. The molecule has 2 aliphatic rings. The fraction of sp³-hybridized carbons (Fsp3) is 1.00. The molecule has 2 fully saturated rings. The molecule has 0 heterocycles. The summed E-state index contributed by atoms with van der Waals surface area (Å²) in [5.74, 6) is 0.0418. The third-order valence-electron chi connectivity index (χ3n) is 4.79. The topological polar surface area (TPSA) is 83.6 Å². The van der Waals surface area contributed by atoms with Crippen molar-refractivity contribution in [1.82, 2.24) is 0 Å². The van der Waals surface area contributed by atoms with Gasteiger partial charge in [-0.15, -0.1) is 0 Å². The first-order valence-corrected chi connectivity index (χ1v) is 6.35. The monoisotopic (exact) mass is 243 g/mol. The summed E-state index contributed by atoms with van der Waals surface area (Å²) in [6, 6.07) is -0.916. The van der Waals surface area contributed by atoms with E-state index in [-0.39, 0.29) is 17.3 Å². The van der Waals surface area contributed by atoms with Crippen LogP contribution in [0.15, 0.2) is 0 Å². The number of rotatable bonds is 1. The minimum absolute atomic E-state index is 0.265. The standard InChI is InChI=1S/C12H21NO4/c1-8-3-6-12(15)9(7-8)11(2,14)5-4-10(12)13(16)17/h8-10,14-15H,3-7H2,1-2H3/t8-,9+,10-,11+,12+/m0/s1. The van der Waals surface area contributed by atoms with E-state index in [1.165, 1.54) is 0 Å². The summed E-state index contributed by atoms with van der Waals surface area (Å²) in [7, 11) is 0. The van der Waals surface area contributed by atoms with Gasteiger partial charge in [0.25, 0.3) is 0 Å². The van der Waals surface area contributed by atoms with Crippen molar-refractivity contribution in [1.29, 1.82) is 0 Å². The molecule has 0 saturated heterocycles. The first-order chi connectivity index (χ1) is 7.77. The fourth-order valence-corrected chi connectivity index (χ4v) is 3.71. The smallest absolute Gasteiger partial charge is 0.241 e.